The number of rotatable bonds is 5. The smallest absolute Gasteiger partial charge is 0.161 e. The van der Waals surface area contributed by atoms with E-state index in [1.807, 2.05) is 6.07 Å². The van der Waals surface area contributed by atoms with Crippen LogP contribution in [-0.2, 0) is 11.2 Å². The number of nitrogens with zero attached hydrogens (tertiary/aromatic N) is 2. The number of hydrazone groups is 1. The van der Waals surface area contributed by atoms with Crippen LogP contribution in [0.2, 0.25) is 38.3 Å². The fourth-order valence-electron chi connectivity index (χ4n) is 3.65. The Bertz CT molecular complexity index is 566. The van der Waals surface area contributed by atoms with Crippen LogP contribution in [0.1, 0.15) is 25.3 Å². The van der Waals surface area contributed by atoms with E-state index >= 15 is 0 Å². The molecule has 5 heteroatoms. The average molecular weight is 347 g/mol. The summed E-state index contributed by atoms with van der Waals surface area (Å²) < 4.78 is 2.53. The highest BCUT2D eigenvalue weighted by atomic mass is 28.4. The lowest BCUT2D eigenvalue weighted by atomic mass is 10.1. The Morgan fingerprint density at radius 3 is 2.17 bits per heavy atom. The second-order valence-electron chi connectivity index (χ2n) is 8.00. The normalized spacial score (nSPS) is 20.4. The van der Waals surface area contributed by atoms with Crippen molar-refractivity contribution < 1.29 is 4.79 Å². The summed E-state index contributed by atoms with van der Waals surface area (Å²) in [6, 6.07) is 13.0. The molecule has 0 unspecified atom stereocenters. The fourth-order valence-corrected chi connectivity index (χ4v) is 14.6. The predicted octanol–water partition coefficient (Wildman–Crippen LogP) is 4.68. The summed E-state index contributed by atoms with van der Waals surface area (Å²) >= 11 is 0. The number of carbonyl (C=O) groups excluding carboxylic acids is 1. The topological polar surface area (TPSA) is 32.7 Å². The first-order valence-corrected chi connectivity index (χ1v) is 14.9. The van der Waals surface area contributed by atoms with E-state index in [9.17, 15) is 4.79 Å². The minimum Gasteiger partial charge on any atom is -0.349 e. The van der Waals surface area contributed by atoms with Crippen LogP contribution in [0.5, 0.6) is 0 Å². The van der Waals surface area contributed by atoms with Crippen molar-refractivity contribution in [1.29, 1.82) is 0 Å². The van der Waals surface area contributed by atoms with Gasteiger partial charge in [-0.05, 0) is 24.6 Å². The van der Waals surface area contributed by atoms with E-state index in [4.69, 9.17) is 5.10 Å². The summed E-state index contributed by atoms with van der Waals surface area (Å²) in [5.74, 6) is 0.204. The molecule has 3 nitrogen and oxygen atoms in total. The van der Waals surface area contributed by atoms with Gasteiger partial charge in [0.15, 0.2) is 16.5 Å². The van der Waals surface area contributed by atoms with Gasteiger partial charge in [-0.25, -0.2) is 5.10 Å². The fraction of sp³-hybridized carbons (Fsp3) is 0.556. The summed E-state index contributed by atoms with van der Waals surface area (Å²) in [5.41, 5.74) is 2.27. The van der Waals surface area contributed by atoms with Gasteiger partial charge in [0.25, 0.3) is 0 Å². The van der Waals surface area contributed by atoms with Crippen molar-refractivity contribution in [1.82, 2.24) is 4.34 Å². The zero-order valence-corrected chi connectivity index (χ0v) is 17.2. The van der Waals surface area contributed by atoms with Gasteiger partial charge in [-0.2, -0.15) is 0 Å². The van der Waals surface area contributed by atoms with E-state index in [0.717, 1.165) is 12.1 Å². The van der Waals surface area contributed by atoms with Crippen LogP contribution in [0, 0.1) is 0 Å². The van der Waals surface area contributed by atoms with Crippen molar-refractivity contribution in [3.63, 3.8) is 0 Å². The summed E-state index contributed by atoms with van der Waals surface area (Å²) in [6.07, 6.45) is 2.61. The first kappa shape index (κ1) is 18.1. The molecule has 1 saturated heterocycles. The molecule has 1 aromatic carbocycles. The van der Waals surface area contributed by atoms with Gasteiger partial charge in [0.2, 0.25) is 0 Å². The second-order valence-corrected chi connectivity index (χ2v) is 17.5. The standard InChI is InChI=1S/C18H30N2OSi2/c1-16(21)14-18(15-17-10-7-6-8-11-17)19-20-22(2,3)12-9-13-23(20,4)5/h6-8,10-11H,9,12-15H2,1-5H3. The lowest BCUT2D eigenvalue weighted by molar-refractivity contribution is -0.115. The maximum Gasteiger partial charge on any atom is 0.161 e. The van der Waals surface area contributed by atoms with E-state index < -0.39 is 16.5 Å². The summed E-state index contributed by atoms with van der Waals surface area (Å²) in [5, 5.41) is 5.13. The number of hydrogen-bond acceptors (Lipinski definition) is 3. The van der Waals surface area contributed by atoms with E-state index in [2.05, 4.69) is 54.8 Å². The van der Waals surface area contributed by atoms with E-state index in [1.54, 1.807) is 6.92 Å². The van der Waals surface area contributed by atoms with Gasteiger partial charge in [0, 0.05) is 18.6 Å². The molecule has 1 heterocycles. The van der Waals surface area contributed by atoms with E-state index in [-0.39, 0.29) is 5.78 Å². The third kappa shape index (κ3) is 4.88. The van der Waals surface area contributed by atoms with Crippen molar-refractivity contribution in [2.45, 2.75) is 64.5 Å². The minimum absolute atomic E-state index is 0.204. The van der Waals surface area contributed by atoms with Crippen molar-refractivity contribution in [2.75, 3.05) is 0 Å². The Morgan fingerprint density at radius 1 is 1.09 bits per heavy atom. The van der Waals surface area contributed by atoms with Gasteiger partial charge < -0.3 is 4.34 Å². The molecular formula is C18H30N2OSi2. The maximum absolute atomic E-state index is 11.7. The number of benzene rings is 1. The van der Waals surface area contributed by atoms with Crippen LogP contribution in [0.4, 0.5) is 0 Å². The zero-order chi connectivity index (χ0) is 17.1. The highest BCUT2D eigenvalue weighted by Crippen LogP contribution is 2.35. The van der Waals surface area contributed by atoms with E-state index in [0.29, 0.717) is 6.42 Å². The molecule has 0 aromatic heterocycles. The largest absolute Gasteiger partial charge is 0.349 e. The van der Waals surface area contributed by atoms with Crippen LogP contribution in [0.25, 0.3) is 0 Å². The quantitative estimate of drug-likeness (QED) is 0.573. The second kappa shape index (κ2) is 7.13. The van der Waals surface area contributed by atoms with Crippen LogP contribution in [0.3, 0.4) is 0 Å². The van der Waals surface area contributed by atoms with Crippen LogP contribution in [0.15, 0.2) is 35.4 Å². The monoisotopic (exact) mass is 346 g/mol. The lowest BCUT2D eigenvalue weighted by Gasteiger charge is -2.49. The molecule has 0 saturated carbocycles. The van der Waals surface area contributed by atoms with Gasteiger partial charge >= 0.3 is 0 Å². The Hall–Kier alpha value is -1.21. The molecule has 1 fully saturated rings. The van der Waals surface area contributed by atoms with Gasteiger partial charge in [-0.3, -0.25) is 4.79 Å². The third-order valence-corrected chi connectivity index (χ3v) is 13.9. The molecular weight excluding hydrogens is 316 g/mol. The van der Waals surface area contributed by atoms with Gasteiger partial charge in [-0.15, -0.1) is 0 Å². The Kier molecular flexibility index (Phi) is 5.63. The van der Waals surface area contributed by atoms with Crippen molar-refractivity contribution in [3.8, 4) is 0 Å². The highest BCUT2D eigenvalue weighted by Gasteiger charge is 2.44. The summed E-state index contributed by atoms with van der Waals surface area (Å²) in [4.78, 5) is 11.7. The van der Waals surface area contributed by atoms with Gasteiger partial charge in [-0.1, -0.05) is 62.9 Å². The molecule has 1 aliphatic heterocycles. The molecule has 0 spiro atoms. The SMILES string of the molecule is CC(=O)CC(Cc1ccccc1)=NN1[Si](C)(C)CCC[Si]1(C)C. The first-order valence-electron chi connectivity index (χ1n) is 8.61. The Morgan fingerprint density at radius 2 is 1.65 bits per heavy atom. The van der Waals surface area contributed by atoms with E-state index in [1.165, 1.54) is 24.1 Å². The minimum atomic E-state index is -1.49. The van der Waals surface area contributed by atoms with Crippen LogP contribution in [-0.4, -0.2) is 32.3 Å². The molecule has 0 atom stereocenters. The molecule has 23 heavy (non-hydrogen) atoms. The average Bonchev–Trinajstić information content (AvgIpc) is 2.43. The molecule has 0 amide bonds. The third-order valence-electron chi connectivity index (χ3n) is 4.67. The number of hydrogen-bond donors (Lipinski definition) is 0. The molecule has 0 aliphatic carbocycles. The van der Waals surface area contributed by atoms with Crippen molar-refractivity contribution >= 4 is 28.0 Å². The van der Waals surface area contributed by atoms with Crippen molar-refractivity contribution in [3.05, 3.63) is 35.9 Å². The van der Waals surface area contributed by atoms with Gasteiger partial charge in [0.1, 0.15) is 5.78 Å². The highest BCUT2D eigenvalue weighted by molar-refractivity contribution is 6.91. The zero-order valence-electron chi connectivity index (χ0n) is 15.2. The lowest BCUT2D eigenvalue weighted by Crippen LogP contribution is -2.62. The molecule has 2 rings (SSSR count). The molecule has 0 N–H and O–H groups in total. The van der Waals surface area contributed by atoms with Crippen LogP contribution < -0.4 is 0 Å². The summed E-state index contributed by atoms with van der Waals surface area (Å²) in [6.45, 7) is 11.4. The number of carbonyl (C=O) groups is 1. The number of ketones is 1. The molecule has 1 aliphatic rings. The Labute approximate surface area is 143 Å². The van der Waals surface area contributed by atoms with Gasteiger partial charge in [0.05, 0.1) is 0 Å². The summed E-state index contributed by atoms with van der Waals surface area (Å²) in [7, 11) is -2.98. The maximum atomic E-state index is 11.7. The molecule has 0 bridgehead atoms. The molecule has 126 valence electrons. The van der Waals surface area contributed by atoms with Crippen LogP contribution >= 0.6 is 0 Å². The molecule has 1 aromatic rings. The number of Topliss-reactive ketones (excluding diaryl/α,β-unsaturated/α-hetero) is 1. The predicted molar refractivity (Wildman–Crippen MR) is 104 cm³/mol. The Balaban J connectivity index is 2.32. The molecule has 0 radical (unpaired) electrons. The van der Waals surface area contributed by atoms with Crippen molar-refractivity contribution in [2.24, 2.45) is 5.10 Å². The first-order chi connectivity index (χ1) is 10.7.